The van der Waals surface area contributed by atoms with Gasteiger partial charge in [0.05, 0.1) is 0 Å². The second-order valence-corrected chi connectivity index (χ2v) is 11.0. The van der Waals surface area contributed by atoms with Crippen LogP contribution in [0.5, 0.6) is 11.5 Å². The van der Waals surface area contributed by atoms with Crippen LogP contribution in [0.25, 0.3) is 0 Å². The zero-order valence-corrected chi connectivity index (χ0v) is 20.7. The molecule has 33 heavy (non-hydrogen) atoms. The summed E-state index contributed by atoms with van der Waals surface area (Å²) in [7, 11) is -9.79. The SMILES string of the molecule is CCCCCCCCCCCCc1cc(S(=O)(=O)O)c(S(=O)(=O)O)cc1Oc1ccccc1. The number of hydrogen-bond donors (Lipinski definition) is 2. The molecule has 9 heteroatoms. The maximum atomic E-state index is 11.8. The van der Waals surface area contributed by atoms with Crippen molar-refractivity contribution in [2.45, 2.75) is 87.3 Å². The van der Waals surface area contributed by atoms with E-state index in [9.17, 15) is 25.9 Å². The average Bonchev–Trinajstić information content (AvgIpc) is 2.75. The fraction of sp³-hybridized carbons (Fsp3) is 0.500. The molecule has 0 radical (unpaired) electrons. The number of hydrogen-bond acceptors (Lipinski definition) is 5. The molecule has 2 rings (SSSR count). The molecule has 0 spiro atoms. The van der Waals surface area contributed by atoms with Crippen LogP contribution in [-0.2, 0) is 26.7 Å². The molecule has 0 atom stereocenters. The lowest BCUT2D eigenvalue weighted by atomic mass is 10.0. The predicted molar refractivity (Wildman–Crippen MR) is 128 cm³/mol. The summed E-state index contributed by atoms with van der Waals surface area (Å²) in [5, 5.41) is 0. The molecule has 0 unspecified atom stereocenters. The molecule has 0 aliphatic carbocycles. The Morgan fingerprint density at radius 3 is 1.70 bits per heavy atom. The van der Waals surface area contributed by atoms with Crippen LogP contribution in [0.3, 0.4) is 0 Å². The monoisotopic (exact) mass is 498 g/mol. The number of aryl methyl sites for hydroxylation is 1. The van der Waals surface area contributed by atoms with E-state index in [1.54, 1.807) is 30.3 Å². The molecule has 0 amide bonds. The number of ether oxygens (including phenoxy) is 1. The average molecular weight is 499 g/mol. The minimum Gasteiger partial charge on any atom is -0.457 e. The zero-order valence-electron chi connectivity index (χ0n) is 19.1. The van der Waals surface area contributed by atoms with Crippen molar-refractivity contribution in [3.8, 4) is 11.5 Å². The van der Waals surface area contributed by atoms with Crippen molar-refractivity contribution < 1.29 is 30.7 Å². The summed E-state index contributed by atoms with van der Waals surface area (Å²) < 4.78 is 72.0. The van der Waals surface area contributed by atoms with Gasteiger partial charge in [-0.3, -0.25) is 9.11 Å². The molecule has 7 nitrogen and oxygen atoms in total. The van der Waals surface area contributed by atoms with Gasteiger partial charge in [0.2, 0.25) is 0 Å². The van der Waals surface area contributed by atoms with Gasteiger partial charge >= 0.3 is 0 Å². The molecule has 0 saturated carbocycles. The smallest absolute Gasteiger partial charge is 0.296 e. The Bertz CT molecular complexity index is 1080. The van der Waals surface area contributed by atoms with Gasteiger partial charge < -0.3 is 4.74 Å². The number of rotatable bonds is 15. The van der Waals surface area contributed by atoms with Gasteiger partial charge in [-0.15, -0.1) is 0 Å². The summed E-state index contributed by atoms with van der Waals surface area (Å²) in [6.45, 7) is 2.20. The first kappa shape index (κ1) is 27.3. The quantitative estimate of drug-likeness (QED) is 0.214. The van der Waals surface area contributed by atoms with Gasteiger partial charge in [0.1, 0.15) is 21.3 Å². The van der Waals surface area contributed by atoms with E-state index in [2.05, 4.69) is 6.92 Å². The molecule has 0 aromatic heterocycles. The molecular formula is C24H34O7S2. The van der Waals surface area contributed by atoms with E-state index in [-0.39, 0.29) is 5.75 Å². The van der Waals surface area contributed by atoms with Gasteiger partial charge in [-0.2, -0.15) is 16.8 Å². The Balaban J connectivity index is 2.12. The second-order valence-electron chi connectivity index (χ2n) is 8.20. The van der Waals surface area contributed by atoms with Gasteiger partial charge in [-0.05, 0) is 36.6 Å². The third kappa shape index (κ3) is 9.44. The standard InChI is InChI=1S/C24H34O7S2/c1-2-3-4-5-6-7-8-9-10-12-15-20-18-23(32(25,26)27)24(33(28,29)30)19-22(20)31-21-16-13-11-14-17-21/h11,13-14,16-19H,2-10,12,15H2,1H3,(H,25,26,27)(H,28,29,30). The predicted octanol–water partition coefficient (Wildman–Crippen LogP) is 6.44. The highest BCUT2D eigenvalue weighted by Crippen LogP contribution is 2.34. The summed E-state index contributed by atoms with van der Waals surface area (Å²) in [4.78, 5) is -1.77. The molecule has 184 valence electrons. The Hall–Kier alpha value is -1.94. The highest BCUT2D eigenvalue weighted by Gasteiger charge is 2.27. The van der Waals surface area contributed by atoms with Crippen molar-refractivity contribution in [1.82, 2.24) is 0 Å². The fourth-order valence-corrected chi connectivity index (χ4v) is 5.50. The van der Waals surface area contributed by atoms with Crippen LogP contribution >= 0.6 is 0 Å². The summed E-state index contributed by atoms with van der Waals surface area (Å²) in [5.74, 6) is 0.555. The molecule has 2 aromatic rings. The number of unbranched alkanes of at least 4 members (excludes halogenated alkanes) is 9. The van der Waals surface area contributed by atoms with Crippen molar-refractivity contribution in [2.24, 2.45) is 0 Å². The maximum Gasteiger partial charge on any atom is 0.296 e. The summed E-state index contributed by atoms with van der Waals surface area (Å²) in [5.41, 5.74) is 0.443. The number of benzene rings is 2. The Morgan fingerprint density at radius 2 is 1.18 bits per heavy atom. The minimum atomic E-state index is -4.91. The molecular weight excluding hydrogens is 464 g/mol. The van der Waals surface area contributed by atoms with E-state index in [4.69, 9.17) is 4.74 Å². The topological polar surface area (TPSA) is 118 Å². The van der Waals surface area contributed by atoms with Crippen LogP contribution < -0.4 is 4.74 Å². The van der Waals surface area contributed by atoms with E-state index in [0.29, 0.717) is 17.7 Å². The first-order valence-electron chi connectivity index (χ1n) is 11.5. The fourth-order valence-electron chi connectivity index (χ4n) is 3.70. The van der Waals surface area contributed by atoms with Gasteiger partial charge in [0.15, 0.2) is 0 Å². The highest BCUT2D eigenvalue weighted by atomic mass is 32.2. The third-order valence-corrected chi connectivity index (χ3v) is 7.37. The van der Waals surface area contributed by atoms with Crippen molar-refractivity contribution in [1.29, 1.82) is 0 Å². The van der Waals surface area contributed by atoms with Crippen molar-refractivity contribution in [3.05, 3.63) is 48.0 Å². The lowest BCUT2D eigenvalue weighted by Gasteiger charge is -2.15. The summed E-state index contributed by atoms with van der Waals surface area (Å²) >= 11 is 0. The van der Waals surface area contributed by atoms with Gasteiger partial charge in [-0.25, -0.2) is 0 Å². The lowest BCUT2D eigenvalue weighted by Crippen LogP contribution is -2.10. The first-order valence-corrected chi connectivity index (χ1v) is 14.4. The lowest BCUT2D eigenvalue weighted by molar-refractivity contribution is 0.455. The van der Waals surface area contributed by atoms with E-state index in [1.807, 2.05) is 0 Å². The van der Waals surface area contributed by atoms with E-state index >= 15 is 0 Å². The van der Waals surface area contributed by atoms with Crippen molar-refractivity contribution >= 4 is 20.2 Å². The molecule has 2 aromatic carbocycles. The van der Waals surface area contributed by atoms with Crippen molar-refractivity contribution in [3.63, 3.8) is 0 Å². The van der Waals surface area contributed by atoms with Crippen LogP contribution in [0.4, 0.5) is 0 Å². The Labute approximate surface area is 197 Å². The molecule has 0 aliphatic heterocycles. The van der Waals surface area contributed by atoms with Crippen molar-refractivity contribution in [2.75, 3.05) is 0 Å². The second kappa shape index (κ2) is 13.1. The maximum absolute atomic E-state index is 11.8. The van der Waals surface area contributed by atoms with E-state index in [0.717, 1.165) is 37.8 Å². The van der Waals surface area contributed by atoms with Crippen LogP contribution in [0.2, 0.25) is 0 Å². The summed E-state index contributed by atoms with van der Waals surface area (Å²) in [6.07, 6.45) is 11.8. The number of para-hydroxylation sites is 1. The Morgan fingerprint density at radius 1 is 0.697 bits per heavy atom. The van der Waals surface area contributed by atoms with E-state index in [1.165, 1.54) is 38.5 Å². The molecule has 0 bridgehead atoms. The van der Waals surface area contributed by atoms with Gasteiger partial charge in [0.25, 0.3) is 20.2 Å². The molecule has 0 aliphatic rings. The van der Waals surface area contributed by atoms with E-state index < -0.39 is 30.0 Å². The molecule has 2 N–H and O–H groups in total. The molecule has 0 heterocycles. The van der Waals surface area contributed by atoms with Crippen LogP contribution in [-0.4, -0.2) is 25.9 Å². The minimum absolute atomic E-state index is 0.122. The molecule has 0 fully saturated rings. The van der Waals surface area contributed by atoms with Crippen LogP contribution in [0.1, 0.15) is 76.7 Å². The molecule has 0 saturated heterocycles. The van der Waals surface area contributed by atoms with Gasteiger partial charge in [-0.1, -0.05) is 82.9 Å². The van der Waals surface area contributed by atoms with Crippen LogP contribution in [0, 0.1) is 0 Å². The summed E-state index contributed by atoms with van der Waals surface area (Å²) in [6, 6.07) is 10.7. The zero-order chi connectivity index (χ0) is 24.3. The first-order chi connectivity index (χ1) is 15.6. The van der Waals surface area contributed by atoms with Gasteiger partial charge in [0, 0.05) is 6.07 Å². The third-order valence-electron chi connectivity index (χ3n) is 5.45. The highest BCUT2D eigenvalue weighted by molar-refractivity contribution is 7.89. The largest absolute Gasteiger partial charge is 0.457 e. The van der Waals surface area contributed by atoms with Crippen LogP contribution in [0.15, 0.2) is 52.3 Å². The Kier molecular flexibility index (Phi) is 10.8. The normalized spacial score (nSPS) is 12.1.